The molecule has 0 bridgehead atoms. The molecule has 0 spiro atoms. The van der Waals surface area contributed by atoms with Crippen LogP contribution in [-0.4, -0.2) is 24.5 Å². The smallest absolute Gasteiger partial charge is 0.366 e. The number of hydrogen-bond donors (Lipinski definition) is 0. The second-order valence-corrected chi connectivity index (χ2v) is 8.27. The van der Waals surface area contributed by atoms with Crippen LogP contribution >= 0.6 is 0 Å². The van der Waals surface area contributed by atoms with Crippen LogP contribution in [0.3, 0.4) is 0 Å². The predicted octanol–water partition coefficient (Wildman–Crippen LogP) is 4.49. The van der Waals surface area contributed by atoms with Crippen molar-refractivity contribution in [2.24, 2.45) is 10.4 Å². The molecule has 2 heterocycles. The number of nitrogens with zero attached hydrogens (tertiary/aromatic N) is 1. The van der Waals surface area contributed by atoms with Crippen molar-refractivity contribution in [2.75, 3.05) is 13.2 Å². The van der Waals surface area contributed by atoms with E-state index >= 15 is 0 Å². The number of benzene rings is 1. The molecule has 0 saturated carbocycles. The number of aliphatic imine (C=N–C) groups is 1. The fourth-order valence-corrected chi connectivity index (χ4v) is 2.81. The highest BCUT2D eigenvalue weighted by molar-refractivity contribution is 5.95. The Kier molecular flexibility index (Phi) is 4.45. The van der Waals surface area contributed by atoms with Gasteiger partial charge in [0.1, 0.15) is 12.2 Å². The van der Waals surface area contributed by atoms with Gasteiger partial charge in [-0.2, -0.15) is 0 Å². The number of rotatable bonds is 4. The molecule has 25 heavy (non-hydrogen) atoms. The second-order valence-electron chi connectivity index (χ2n) is 8.27. The van der Waals surface area contributed by atoms with Crippen LogP contribution in [0.1, 0.15) is 41.0 Å². The van der Waals surface area contributed by atoms with Gasteiger partial charge in [0, 0.05) is 0 Å². The average molecular weight is 343 g/mol. The van der Waals surface area contributed by atoms with Crippen molar-refractivity contribution in [3.63, 3.8) is 0 Å². The summed E-state index contributed by atoms with van der Waals surface area (Å²) in [5.74, 6) is 0.513. The summed E-state index contributed by atoms with van der Waals surface area (Å²) in [5, 5.41) is 0.773. The fourth-order valence-electron chi connectivity index (χ4n) is 2.81. The van der Waals surface area contributed by atoms with Crippen LogP contribution in [0.15, 0.2) is 38.5 Å². The molecule has 0 aliphatic carbocycles. The minimum atomic E-state index is -0.463. The first-order valence-corrected chi connectivity index (χ1v) is 8.54. The zero-order valence-corrected chi connectivity index (χ0v) is 15.5. The van der Waals surface area contributed by atoms with Gasteiger partial charge in [0.15, 0.2) is 11.4 Å². The van der Waals surface area contributed by atoms with E-state index in [1.54, 1.807) is 6.07 Å². The molecule has 134 valence electrons. The first-order chi connectivity index (χ1) is 11.6. The van der Waals surface area contributed by atoms with Crippen LogP contribution in [0.25, 0.3) is 11.0 Å². The Hall–Kier alpha value is -2.14. The maximum absolute atomic E-state index is 12.3. The zero-order chi connectivity index (χ0) is 18.2. The fraction of sp³-hybridized carbons (Fsp3) is 0.500. The Bertz CT molecular complexity index is 871. The Morgan fingerprint density at radius 2 is 1.88 bits per heavy atom. The van der Waals surface area contributed by atoms with Crippen LogP contribution in [0, 0.1) is 5.41 Å². The van der Waals surface area contributed by atoms with Gasteiger partial charge in [0.25, 0.3) is 0 Å². The molecule has 1 aliphatic rings. The Morgan fingerprint density at radius 1 is 1.16 bits per heavy atom. The Balaban J connectivity index is 1.87. The maximum Gasteiger partial charge on any atom is 0.366 e. The summed E-state index contributed by atoms with van der Waals surface area (Å²) in [6.07, 6.45) is 0.689. The van der Waals surface area contributed by atoms with E-state index in [0.29, 0.717) is 31.0 Å². The van der Waals surface area contributed by atoms with Crippen LogP contribution in [-0.2, 0) is 4.74 Å². The van der Waals surface area contributed by atoms with Crippen molar-refractivity contribution >= 4 is 22.4 Å². The topological polar surface area (TPSA) is 61.0 Å². The van der Waals surface area contributed by atoms with E-state index in [9.17, 15) is 4.79 Å². The summed E-state index contributed by atoms with van der Waals surface area (Å²) >= 11 is 0. The van der Waals surface area contributed by atoms with Gasteiger partial charge in [-0.15, -0.1) is 0 Å². The van der Waals surface area contributed by atoms with Crippen LogP contribution < -0.4 is 10.4 Å². The molecule has 3 rings (SSSR count). The molecule has 2 aromatic rings. The highest BCUT2D eigenvalue weighted by atomic mass is 16.5. The highest BCUT2D eigenvalue weighted by Crippen LogP contribution is 2.36. The predicted molar refractivity (Wildman–Crippen MR) is 99.2 cm³/mol. The van der Waals surface area contributed by atoms with Crippen molar-refractivity contribution in [1.82, 2.24) is 0 Å². The lowest BCUT2D eigenvalue weighted by Crippen LogP contribution is -2.31. The van der Waals surface area contributed by atoms with Crippen LogP contribution in [0.5, 0.6) is 5.75 Å². The third-order valence-electron chi connectivity index (χ3n) is 3.97. The number of para-hydroxylation sites is 1. The summed E-state index contributed by atoms with van der Waals surface area (Å²) in [6.45, 7) is 11.3. The van der Waals surface area contributed by atoms with E-state index in [0.717, 1.165) is 11.1 Å². The minimum absolute atomic E-state index is 0.107. The van der Waals surface area contributed by atoms with Crippen molar-refractivity contribution in [3.05, 3.63) is 34.7 Å². The molecule has 0 unspecified atom stereocenters. The lowest BCUT2D eigenvalue weighted by Gasteiger charge is -2.30. The van der Waals surface area contributed by atoms with E-state index in [-0.39, 0.29) is 16.7 Å². The van der Waals surface area contributed by atoms with Gasteiger partial charge in [-0.3, -0.25) is 0 Å². The summed E-state index contributed by atoms with van der Waals surface area (Å²) in [5.41, 5.74) is 0.849. The first kappa shape index (κ1) is 17.7. The van der Waals surface area contributed by atoms with Crippen molar-refractivity contribution in [2.45, 2.75) is 46.6 Å². The summed E-state index contributed by atoms with van der Waals surface area (Å²) in [6, 6.07) is 7.34. The van der Waals surface area contributed by atoms with Crippen LogP contribution in [0.4, 0.5) is 5.69 Å². The molecule has 0 amide bonds. The lowest BCUT2D eigenvalue weighted by atomic mass is 9.87. The molecular weight excluding hydrogens is 318 g/mol. The van der Waals surface area contributed by atoms with Crippen molar-refractivity contribution < 1.29 is 13.9 Å². The SMILES string of the molecule is CC(C)(COC(C)(C)C)CC1=Nc2c(c3ccccc3oc2=O)OC1. The molecule has 5 heteroatoms. The van der Waals surface area contributed by atoms with E-state index < -0.39 is 5.63 Å². The van der Waals surface area contributed by atoms with E-state index in [4.69, 9.17) is 13.9 Å². The quantitative estimate of drug-likeness (QED) is 0.768. The van der Waals surface area contributed by atoms with Gasteiger partial charge < -0.3 is 13.9 Å². The molecule has 0 fully saturated rings. The van der Waals surface area contributed by atoms with E-state index in [1.807, 2.05) is 39.0 Å². The molecule has 0 saturated heterocycles. The molecular formula is C20H25NO4. The number of ether oxygens (including phenoxy) is 2. The summed E-state index contributed by atoms with van der Waals surface area (Å²) in [4.78, 5) is 16.8. The standard InChI is InChI=1S/C20H25NO4/c1-19(2,3)24-12-20(4,5)10-13-11-23-17-14-8-6-7-9-15(14)25-18(22)16(17)21-13/h6-9H,10-12H2,1-5H3. The third-order valence-corrected chi connectivity index (χ3v) is 3.97. The lowest BCUT2D eigenvalue weighted by molar-refractivity contribution is -0.0412. The monoisotopic (exact) mass is 343 g/mol. The molecule has 0 atom stereocenters. The molecule has 1 aliphatic heterocycles. The van der Waals surface area contributed by atoms with Gasteiger partial charge in [0.2, 0.25) is 0 Å². The maximum atomic E-state index is 12.3. The van der Waals surface area contributed by atoms with Gasteiger partial charge in [-0.1, -0.05) is 26.0 Å². The van der Waals surface area contributed by atoms with Gasteiger partial charge in [-0.25, -0.2) is 9.79 Å². The Labute approximate surface area is 147 Å². The minimum Gasteiger partial charge on any atom is -0.484 e. The van der Waals surface area contributed by atoms with Crippen molar-refractivity contribution in [1.29, 1.82) is 0 Å². The van der Waals surface area contributed by atoms with E-state index in [2.05, 4.69) is 18.8 Å². The second kappa shape index (κ2) is 6.30. The number of hydrogen-bond acceptors (Lipinski definition) is 5. The highest BCUT2D eigenvalue weighted by Gasteiger charge is 2.27. The molecule has 0 N–H and O–H groups in total. The van der Waals surface area contributed by atoms with Gasteiger partial charge in [0.05, 0.1) is 23.3 Å². The normalized spacial score (nSPS) is 14.8. The third kappa shape index (κ3) is 4.10. The summed E-state index contributed by atoms with van der Waals surface area (Å²) < 4.78 is 17.2. The van der Waals surface area contributed by atoms with Crippen molar-refractivity contribution in [3.8, 4) is 5.75 Å². The number of fused-ring (bicyclic) bond motifs is 3. The van der Waals surface area contributed by atoms with Gasteiger partial charge in [-0.05, 0) is 44.7 Å². The largest absolute Gasteiger partial charge is 0.484 e. The first-order valence-electron chi connectivity index (χ1n) is 8.54. The molecule has 1 aromatic heterocycles. The molecule has 5 nitrogen and oxygen atoms in total. The van der Waals surface area contributed by atoms with Crippen LogP contribution in [0.2, 0.25) is 0 Å². The average Bonchev–Trinajstić information content (AvgIpc) is 2.53. The molecule has 0 radical (unpaired) electrons. The Morgan fingerprint density at radius 3 is 2.60 bits per heavy atom. The summed E-state index contributed by atoms with van der Waals surface area (Å²) in [7, 11) is 0. The molecule has 1 aromatic carbocycles. The van der Waals surface area contributed by atoms with Gasteiger partial charge >= 0.3 is 5.63 Å². The zero-order valence-electron chi connectivity index (χ0n) is 15.5. The van der Waals surface area contributed by atoms with E-state index in [1.165, 1.54) is 0 Å².